The summed E-state index contributed by atoms with van der Waals surface area (Å²) in [5.41, 5.74) is 0.112. The molecule has 1 aliphatic rings. The first-order valence-corrected chi connectivity index (χ1v) is 5.41. The molecule has 1 aliphatic carbocycles. The van der Waals surface area contributed by atoms with Crippen molar-refractivity contribution >= 4 is 35.7 Å². The number of thiazole rings is 1. The van der Waals surface area contributed by atoms with Crippen molar-refractivity contribution in [3.05, 3.63) is 26.0 Å². The third kappa shape index (κ3) is 1.81. The molecule has 1 N–H and O–H groups in total. The highest BCUT2D eigenvalue weighted by Gasteiger charge is 2.10. The summed E-state index contributed by atoms with van der Waals surface area (Å²) in [6, 6.07) is 0. The van der Waals surface area contributed by atoms with E-state index in [1.54, 1.807) is 11.3 Å². The molecule has 1 nitrogen and oxygen atoms in total. The summed E-state index contributed by atoms with van der Waals surface area (Å²) < 4.78 is 2.08. The van der Waals surface area contributed by atoms with Gasteiger partial charge in [-0.1, -0.05) is 26.0 Å². The third-order valence-corrected chi connectivity index (χ3v) is 3.21. The quantitative estimate of drug-likeness (QED) is 0.646. The molecule has 0 atom stereocenters. The summed E-state index contributed by atoms with van der Waals surface area (Å²) in [7, 11) is 0. The van der Waals surface area contributed by atoms with Gasteiger partial charge in [-0.15, -0.1) is 11.3 Å². The van der Waals surface area contributed by atoms with E-state index in [1.807, 2.05) is 0 Å². The summed E-state index contributed by atoms with van der Waals surface area (Å²) in [5.74, 6) is 0. The molecule has 0 saturated carbocycles. The zero-order valence-corrected chi connectivity index (χ0v) is 9.26. The summed E-state index contributed by atoms with van der Waals surface area (Å²) in [6.07, 6.45) is 8.62. The van der Waals surface area contributed by atoms with E-state index in [0.29, 0.717) is 0 Å². The Hall–Kier alpha value is -0.670. The Morgan fingerprint density at radius 1 is 1.46 bits per heavy atom. The summed E-state index contributed by atoms with van der Waals surface area (Å²) in [4.78, 5) is 3.20. The highest BCUT2D eigenvalue weighted by atomic mass is 32.1. The fourth-order valence-corrected chi connectivity index (χ4v) is 2.49. The molecule has 1 heterocycles. The fourth-order valence-electron chi connectivity index (χ4n) is 1.39. The Labute approximate surface area is 86.1 Å². The topological polar surface area (TPSA) is 15.8 Å². The van der Waals surface area contributed by atoms with Crippen LogP contribution < -0.4 is 9.88 Å². The molecule has 0 unspecified atom stereocenters. The van der Waals surface area contributed by atoms with Crippen LogP contribution in [0.3, 0.4) is 0 Å². The highest BCUT2D eigenvalue weighted by molar-refractivity contribution is 7.73. The normalized spacial score (nSPS) is 18.3. The molecule has 2 rings (SSSR count). The van der Waals surface area contributed by atoms with Crippen LogP contribution in [0, 0.1) is 9.37 Å². The first-order valence-electron chi connectivity index (χ1n) is 4.18. The molecule has 1 aromatic heterocycles. The molecule has 0 spiro atoms. The summed E-state index contributed by atoms with van der Waals surface area (Å²) in [6.45, 7) is 4.36. The van der Waals surface area contributed by atoms with Crippen molar-refractivity contribution in [2.45, 2.75) is 13.8 Å². The number of rotatable bonds is 0. The lowest BCUT2D eigenvalue weighted by molar-refractivity contribution is 0.669. The first kappa shape index (κ1) is 8.91. The van der Waals surface area contributed by atoms with Gasteiger partial charge >= 0.3 is 0 Å². The van der Waals surface area contributed by atoms with Crippen LogP contribution in [0.1, 0.15) is 13.8 Å². The SMILES string of the molecule is CC1(C)C=CC=c2sc(=S)[nH]c2=C1. The summed E-state index contributed by atoms with van der Waals surface area (Å²) >= 11 is 6.72. The maximum Gasteiger partial charge on any atom is 0.159 e. The van der Waals surface area contributed by atoms with Gasteiger partial charge in [0.2, 0.25) is 0 Å². The minimum Gasteiger partial charge on any atom is -0.337 e. The Bertz CT molecular complexity index is 514. The van der Waals surface area contributed by atoms with Crippen molar-refractivity contribution in [2.75, 3.05) is 0 Å². The zero-order chi connectivity index (χ0) is 9.47. The molecule has 0 aromatic carbocycles. The second kappa shape index (κ2) is 2.93. The van der Waals surface area contributed by atoms with E-state index in [1.165, 1.54) is 4.53 Å². The molecule has 68 valence electrons. The molecule has 0 bridgehead atoms. The van der Waals surface area contributed by atoms with Crippen molar-refractivity contribution < 1.29 is 0 Å². The van der Waals surface area contributed by atoms with E-state index in [9.17, 15) is 0 Å². The van der Waals surface area contributed by atoms with Gasteiger partial charge in [-0.25, -0.2) is 0 Å². The Kier molecular flexibility index (Phi) is 2.00. The molecular weight excluding hydrogens is 198 g/mol. The highest BCUT2D eigenvalue weighted by Crippen LogP contribution is 2.19. The van der Waals surface area contributed by atoms with E-state index in [0.717, 1.165) is 9.30 Å². The van der Waals surface area contributed by atoms with Gasteiger partial charge in [0, 0.05) is 5.41 Å². The van der Waals surface area contributed by atoms with Crippen LogP contribution in [0.2, 0.25) is 0 Å². The van der Waals surface area contributed by atoms with Crippen LogP contribution in [-0.2, 0) is 0 Å². The van der Waals surface area contributed by atoms with E-state index < -0.39 is 0 Å². The maximum absolute atomic E-state index is 5.10. The van der Waals surface area contributed by atoms with Crippen molar-refractivity contribution in [1.82, 2.24) is 4.98 Å². The van der Waals surface area contributed by atoms with Crippen LogP contribution in [0.5, 0.6) is 0 Å². The molecule has 1 aromatic rings. The second-order valence-electron chi connectivity index (χ2n) is 3.78. The van der Waals surface area contributed by atoms with Crippen LogP contribution in [-0.4, -0.2) is 4.98 Å². The number of fused-ring (bicyclic) bond motifs is 1. The lowest BCUT2D eigenvalue weighted by Gasteiger charge is -2.12. The second-order valence-corrected chi connectivity index (χ2v) is 5.50. The molecule has 0 aliphatic heterocycles. The van der Waals surface area contributed by atoms with Crippen molar-refractivity contribution in [3.63, 3.8) is 0 Å². The largest absolute Gasteiger partial charge is 0.337 e. The number of hydrogen-bond donors (Lipinski definition) is 1. The van der Waals surface area contributed by atoms with Gasteiger partial charge < -0.3 is 4.98 Å². The van der Waals surface area contributed by atoms with Crippen LogP contribution in [0.25, 0.3) is 12.2 Å². The van der Waals surface area contributed by atoms with Gasteiger partial charge in [-0.2, -0.15) is 0 Å². The Balaban J connectivity index is 2.83. The van der Waals surface area contributed by atoms with Crippen LogP contribution in [0.15, 0.2) is 12.2 Å². The minimum atomic E-state index is 0.112. The molecule has 3 heteroatoms. The average Bonchev–Trinajstić information content (AvgIpc) is 2.23. The smallest absolute Gasteiger partial charge is 0.159 e. The van der Waals surface area contributed by atoms with E-state index in [2.05, 4.69) is 43.1 Å². The van der Waals surface area contributed by atoms with E-state index >= 15 is 0 Å². The zero-order valence-electron chi connectivity index (χ0n) is 7.63. The lowest BCUT2D eigenvalue weighted by Crippen LogP contribution is -2.22. The molecule has 13 heavy (non-hydrogen) atoms. The minimum absolute atomic E-state index is 0.112. The number of aromatic nitrogens is 1. The predicted octanol–water partition coefficient (Wildman–Crippen LogP) is 1.96. The number of aromatic amines is 1. The summed E-state index contributed by atoms with van der Waals surface area (Å²) in [5, 5.41) is 1.16. The fraction of sp³-hybridized carbons (Fsp3) is 0.300. The van der Waals surface area contributed by atoms with Crippen LogP contribution in [0.4, 0.5) is 0 Å². The average molecular weight is 209 g/mol. The third-order valence-electron chi connectivity index (χ3n) is 1.99. The van der Waals surface area contributed by atoms with Gasteiger partial charge in [0.15, 0.2) is 3.95 Å². The van der Waals surface area contributed by atoms with Crippen molar-refractivity contribution in [2.24, 2.45) is 5.41 Å². The Morgan fingerprint density at radius 2 is 2.23 bits per heavy atom. The lowest BCUT2D eigenvalue weighted by atomic mass is 9.93. The molecule has 0 amide bonds. The van der Waals surface area contributed by atoms with E-state index in [4.69, 9.17) is 12.2 Å². The molecule has 0 saturated heterocycles. The van der Waals surface area contributed by atoms with Gasteiger partial charge in [-0.05, 0) is 24.4 Å². The van der Waals surface area contributed by atoms with Crippen molar-refractivity contribution in [1.29, 1.82) is 0 Å². The maximum atomic E-state index is 5.10. The number of hydrogen-bond acceptors (Lipinski definition) is 2. The van der Waals surface area contributed by atoms with Gasteiger partial charge in [0.1, 0.15) is 0 Å². The van der Waals surface area contributed by atoms with Crippen LogP contribution >= 0.6 is 23.6 Å². The number of nitrogens with one attached hydrogen (secondary N) is 1. The standard InChI is InChI=1S/C10H11NS2/c1-10(2)5-3-4-8-7(6-10)11-9(12)13-8/h3-6H,1-2H3,(H,11,12). The molecular formula is C10H11NS2. The number of allylic oxidation sites excluding steroid dienone is 2. The van der Waals surface area contributed by atoms with Gasteiger partial charge in [0.25, 0.3) is 0 Å². The van der Waals surface area contributed by atoms with Gasteiger partial charge in [-0.3, -0.25) is 0 Å². The Morgan fingerprint density at radius 3 is 3.00 bits per heavy atom. The monoisotopic (exact) mass is 209 g/mol. The predicted molar refractivity (Wildman–Crippen MR) is 60.6 cm³/mol. The number of H-pyrrole nitrogens is 1. The van der Waals surface area contributed by atoms with Gasteiger partial charge in [0.05, 0.1) is 9.88 Å². The van der Waals surface area contributed by atoms with Crippen molar-refractivity contribution in [3.8, 4) is 0 Å². The van der Waals surface area contributed by atoms with E-state index in [-0.39, 0.29) is 5.41 Å². The first-order chi connectivity index (χ1) is 6.07. The molecule has 0 radical (unpaired) electrons. The molecule has 0 fully saturated rings.